The van der Waals surface area contributed by atoms with Crippen molar-refractivity contribution in [1.29, 1.82) is 0 Å². The Morgan fingerprint density at radius 1 is 1.11 bits per heavy atom. The van der Waals surface area contributed by atoms with Crippen LogP contribution in [0.25, 0.3) is 0 Å². The van der Waals surface area contributed by atoms with E-state index in [4.69, 9.17) is 4.74 Å². The molecule has 0 amide bonds. The summed E-state index contributed by atoms with van der Waals surface area (Å²) in [6.07, 6.45) is 0. The standard InChI is InChI=1S/C16H17NO2/c1-12-7-3-4-8-13(12)11-17-15-10-6-5-9-14(15)16(18)19-2/h3-10,17H,11H2,1-2H3. The zero-order chi connectivity index (χ0) is 13.7. The van der Waals surface area contributed by atoms with Crippen LogP contribution in [0, 0.1) is 6.92 Å². The lowest BCUT2D eigenvalue weighted by Crippen LogP contribution is -2.08. The molecule has 0 fully saturated rings. The van der Waals surface area contributed by atoms with Gasteiger partial charge in [0.1, 0.15) is 0 Å². The van der Waals surface area contributed by atoms with Crippen molar-refractivity contribution < 1.29 is 9.53 Å². The molecule has 0 spiro atoms. The van der Waals surface area contributed by atoms with Gasteiger partial charge in [-0.15, -0.1) is 0 Å². The Morgan fingerprint density at radius 2 is 1.79 bits per heavy atom. The fourth-order valence-electron chi connectivity index (χ4n) is 1.92. The Labute approximate surface area is 113 Å². The Balaban J connectivity index is 2.16. The Kier molecular flexibility index (Phi) is 4.18. The van der Waals surface area contributed by atoms with E-state index in [1.165, 1.54) is 18.2 Å². The van der Waals surface area contributed by atoms with Crippen molar-refractivity contribution in [3.63, 3.8) is 0 Å². The second-order valence-corrected chi connectivity index (χ2v) is 4.32. The van der Waals surface area contributed by atoms with Crippen molar-refractivity contribution in [2.24, 2.45) is 0 Å². The van der Waals surface area contributed by atoms with Crippen molar-refractivity contribution in [3.8, 4) is 0 Å². The number of methoxy groups -OCH3 is 1. The van der Waals surface area contributed by atoms with Crippen molar-refractivity contribution in [2.45, 2.75) is 13.5 Å². The fraction of sp³-hybridized carbons (Fsp3) is 0.188. The Morgan fingerprint density at radius 3 is 2.53 bits per heavy atom. The summed E-state index contributed by atoms with van der Waals surface area (Å²) in [7, 11) is 1.39. The number of carbonyl (C=O) groups excluding carboxylic acids is 1. The van der Waals surface area contributed by atoms with Gasteiger partial charge in [-0.3, -0.25) is 0 Å². The van der Waals surface area contributed by atoms with Gasteiger partial charge in [-0.25, -0.2) is 4.79 Å². The Bertz CT molecular complexity index is 578. The van der Waals surface area contributed by atoms with Crippen LogP contribution in [0.15, 0.2) is 48.5 Å². The molecule has 0 saturated carbocycles. The molecule has 98 valence electrons. The highest BCUT2D eigenvalue weighted by molar-refractivity contribution is 5.95. The first-order chi connectivity index (χ1) is 9.22. The van der Waals surface area contributed by atoms with Gasteiger partial charge in [0.05, 0.1) is 12.7 Å². The fourth-order valence-corrected chi connectivity index (χ4v) is 1.92. The van der Waals surface area contributed by atoms with E-state index in [0.717, 1.165) is 5.69 Å². The molecule has 0 radical (unpaired) electrons. The number of hydrogen-bond acceptors (Lipinski definition) is 3. The lowest BCUT2D eigenvalue weighted by molar-refractivity contribution is 0.0602. The lowest BCUT2D eigenvalue weighted by atomic mass is 10.1. The first-order valence-corrected chi connectivity index (χ1v) is 6.18. The van der Waals surface area contributed by atoms with Gasteiger partial charge < -0.3 is 10.1 Å². The molecule has 0 aliphatic heterocycles. The van der Waals surface area contributed by atoms with E-state index in [0.29, 0.717) is 12.1 Å². The van der Waals surface area contributed by atoms with Crippen LogP contribution in [-0.4, -0.2) is 13.1 Å². The number of esters is 1. The number of benzene rings is 2. The maximum Gasteiger partial charge on any atom is 0.339 e. The number of ether oxygens (including phenoxy) is 1. The number of hydrogen-bond donors (Lipinski definition) is 1. The van der Waals surface area contributed by atoms with E-state index in [-0.39, 0.29) is 5.97 Å². The van der Waals surface area contributed by atoms with Gasteiger partial charge in [-0.05, 0) is 30.2 Å². The molecule has 2 rings (SSSR count). The van der Waals surface area contributed by atoms with Crippen LogP contribution >= 0.6 is 0 Å². The van der Waals surface area contributed by atoms with Crippen LogP contribution in [0.5, 0.6) is 0 Å². The minimum absolute atomic E-state index is 0.326. The summed E-state index contributed by atoms with van der Waals surface area (Å²) in [5.41, 5.74) is 3.78. The van der Waals surface area contributed by atoms with Crippen LogP contribution in [0.4, 0.5) is 5.69 Å². The first-order valence-electron chi connectivity index (χ1n) is 6.18. The van der Waals surface area contributed by atoms with E-state index in [1.54, 1.807) is 6.07 Å². The summed E-state index contributed by atoms with van der Waals surface area (Å²) in [6, 6.07) is 15.5. The molecule has 2 aromatic rings. The number of carbonyl (C=O) groups is 1. The van der Waals surface area contributed by atoms with Gasteiger partial charge >= 0.3 is 5.97 Å². The maximum atomic E-state index is 11.7. The smallest absolute Gasteiger partial charge is 0.339 e. The predicted octanol–water partition coefficient (Wildman–Crippen LogP) is 3.39. The molecule has 0 aliphatic rings. The number of para-hydroxylation sites is 1. The minimum Gasteiger partial charge on any atom is -0.465 e. The second kappa shape index (κ2) is 6.05. The molecule has 0 unspecified atom stereocenters. The van der Waals surface area contributed by atoms with Crippen LogP contribution in [0.2, 0.25) is 0 Å². The van der Waals surface area contributed by atoms with E-state index in [9.17, 15) is 4.79 Å². The van der Waals surface area contributed by atoms with Crippen LogP contribution in [-0.2, 0) is 11.3 Å². The normalized spacial score (nSPS) is 10.0. The highest BCUT2D eigenvalue weighted by Crippen LogP contribution is 2.18. The monoisotopic (exact) mass is 255 g/mol. The minimum atomic E-state index is -0.326. The molecule has 3 heteroatoms. The number of aryl methyl sites for hydroxylation is 1. The number of rotatable bonds is 4. The highest BCUT2D eigenvalue weighted by atomic mass is 16.5. The molecule has 19 heavy (non-hydrogen) atoms. The van der Waals surface area contributed by atoms with Crippen molar-refractivity contribution in [2.75, 3.05) is 12.4 Å². The summed E-state index contributed by atoms with van der Waals surface area (Å²) in [4.78, 5) is 11.7. The average molecular weight is 255 g/mol. The molecule has 0 aliphatic carbocycles. The molecule has 0 saturated heterocycles. The van der Waals surface area contributed by atoms with Crippen molar-refractivity contribution >= 4 is 11.7 Å². The molecular weight excluding hydrogens is 238 g/mol. The SMILES string of the molecule is COC(=O)c1ccccc1NCc1ccccc1C. The largest absolute Gasteiger partial charge is 0.465 e. The summed E-state index contributed by atoms with van der Waals surface area (Å²) in [6.45, 7) is 2.75. The lowest BCUT2D eigenvalue weighted by Gasteiger charge is -2.12. The highest BCUT2D eigenvalue weighted by Gasteiger charge is 2.10. The van der Waals surface area contributed by atoms with E-state index >= 15 is 0 Å². The van der Waals surface area contributed by atoms with E-state index < -0.39 is 0 Å². The van der Waals surface area contributed by atoms with Gasteiger partial charge in [0.15, 0.2) is 0 Å². The van der Waals surface area contributed by atoms with Gasteiger partial charge in [0.25, 0.3) is 0 Å². The molecule has 0 heterocycles. The van der Waals surface area contributed by atoms with Gasteiger partial charge in [0, 0.05) is 12.2 Å². The van der Waals surface area contributed by atoms with Crippen LogP contribution in [0.3, 0.4) is 0 Å². The molecule has 0 atom stereocenters. The summed E-state index contributed by atoms with van der Waals surface area (Å²) < 4.78 is 4.77. The predicted molar refractivity (Wildman–Crippen MR) is 76.3 cm³/mol. The van der Waals surface area contributed by atoms with E-state index in [2.05, 4.69) is 24.4 Å². The van der Waals surface area contributed by atoms with Crippen LogP contribution < -0.4 is 5.32 Å². The summed E-state index contributed by atoms with van der Waals surface area (Å²) in [5, 5.41) is 3.28. The van der Waals surface area contributed by atoms with E-state index in [1.807, 2.05) is 30.3 Å². The molecule has 3 nitrogen and oxygen atoms in total. The quantitative estimate of drug-likeness (QED) is 0.851. The Hall–Kier alpha value is -2.29. The van der Waals surface area contributed by atoms with Gasteiger partial charge in [0.2, 0.25) is 0 Å². The zero-order valence-electron chi connectivity index (χ0n) is 11.1. The molecule has 0 bridgehead atoms. The van der Waals surface area contributed by atoms with Gasteiger partial charge in [-0.2, -0.15) is 0 Å². The third-order valence-corrected chi connectivity index (χ3v) is 3.06. The summed E-state index contributed by atoms with van der Waals surface area (Å²) in [5.74, 6) is -0.326. The second-order valence-electron chi connectivity index (χ2n) is 4.32. The third-order valence-electron chi connectivity index (χ3n) is 3.06. The van der Waals surface area contributed by atoms with Crippen molar-refractivity contribution in [3.05, 3.63) is 65.2 Å². The molecular formula is C16H17NO2. The molecule has 1 N–H and O–H groups in total. The third kappa shape index (κ3) is 3.13. The van der Waals surface area contributed by atoms with Crippen LogP contribution in [0.1, 0.15) is 21.5 Å². The maximum absolute atomic E-state index is 11.7. The number of anilines is 1. The zero-order valence-corrected chi connectivity index (χ0v) is 11.1. The summed E-state index contributed by atoms with van der Waals surface area (Å²) >= 11 is 0. The topological polar surface area (TPSA) is 38.3 Å². The van der Waals surface area contributed by atoms with Crippen molar-refractivity contribution in [1.82, 2.24) is 0 Å². The average Bonchev–Trinajstić information content (AvgIpc) is 2.46. The number of nitrogens with one attached hydrogen (secondary N) is 1. The molecule has 2 aromatic carbocycles. The first kappa shape index (κ1) is 13.1. The van der Waals surface area contributed by atoms with Gasteiger partial charge in [-0.1, -0.05) is 36.4 Å². The molecule has 0 aromatic heterocycles.